The Labute approximate surface area is 193 Å². The lowest BCUT2D eigenvalue weighted by Crippen LogP contribution is -2.62. The highest BCUT2D eigenvalue weighted by atomic mass is 16.1. The Hall–Kier alpha value is -0.330. The van der Waals surface area contributed by atoms with Gasteiger partial charge in [0, 0.05) is 12.3 Å². The fourth-order valence-corrected chi connectivity index (χ4v) is 10.4. The Balaban J connectivity index is 1.61. The van der Waals surface area contributed by atoms with Gasteiger partial charge in [0.25, 0.3) is 0 Å². The standard InChI is InChI=1S/C30H52O/c1-20(2)11-9-12-21(3)22-15-18-29(7)23-13-14-25-27(4,5)16-10-17-28(25,6)26(23)24(31)19-30(22,29)8/h20-23,25-26H,9-19H2,1-8H3/t21-,22-,23-,25+,26-,28+,29+,30-/m1/s1. The Morgan fingerprint density at radius 3 is 2.26 bits per heavy atom. The molecule has 0 aromatic carbocycles. The molecule has 1 nitrogen and oxygen atoms in total. The molecule has 31 heavy (non-hydrogen) atoms. The van der Waals surface area contributed by atoms with Gasteiger partial charge in [0.05, 0.1) is 0 Å². The molecule has 0 spiro atoms. The molecule has 1 heteroatoms. The fraction of sp³-hybridized carbons (Fsp3) is 0.967. The van der Waals surface area contributed by atoms with Gasteiger partial charge in [-0.2, -0.15) is 0 Å². The summed E-state index contributed by atoms with van der Waals surface area (Å²) in [5, 5.41) is 0. The van der Waals surface area contributed by atoms with E-state index in [1.165, 1.54) is 64.2 Å². The number of hydrogen-bond acceptors (Lipinski definition) is 1. The van der Waals surface area contributed by atoms with Crippen LogP contribution in [0.1, 0.15) is 126 Å². The normalized spacial score (nSPS) is 47.6. The van der Waals surface area contributed by atoms with Crippen molar-refractivity contribution in [3.63, 3.8) is 0 Å². The Morgan fingerprint density at radius 2 is 1.58 bits per heavy atom. The lowest BCUT2D eigenvalue weighted by atomic mass is 9.38. The zero-order valence-electron chi connectivity index (χ0n) is 22.2. The molecule has 4 saturated carbocycles. The molecule has 4 aliphatic carbocycles. The summed E-state index contributed by atoms with van der Waals surface area (Å²) in [6.45, 7) is 19.9. The lowest BCUT2D eigenvalue weighted by molar-refractivity contribution is -0.186. The van der Waals surface area contributed by atoms with Crippen LogP contribution in [-0.2, 0) is 4.79 Å². The highest BCUT2D eigenvalue weighted by Gasteiger charge is 2.69. The number of hydrogen-bond donors (Lipinski definition) is 0. The van der Waals surface area contributed by atoms with Crippen molar-refractivity contribution in [2.75, 3.05) is 0 Å². The first-order valence-corrected chi connectivity index (χ1v) is 13.9. The summed E-state index contributed by atoms with van der Waals surface area (Å²) in [6.07, 6.45) is 14.3. The summed E-state index contributed by atoms with van der Waals surface area (Å²) in [6, 6.07) is 0. The van der Waals surface area contributed by atoms with E-state index in [-0.39, 0.29) is 10.8 Å². The predicted molar refractivity (Wildman–Crippen MR) is 132 cm³/mol. The molecular formula is C30H52O. The summed E-state index contributed by atoms with van der Waals surface area (Å²) in [4.78, 5) is 14.1. The second-order valence-corrected chi connectivity index (χ2v) is 14.5. The first-order valence-electron chi connectivity index (χ1n) is 13.9. The summed E-state index contributed by atoms with van der Waals surface area (Å²) >= 11 is 0. The fourth-order valence-electron chi connectivity index (χ4n) is 10.4. The van der Waals surface area contributed by atoms with Gasteiger partial charge in [0.15, 0.2) is 0 Å². The summed E-state index contributed by atoms with van der Waals surface area (Å²) in [5.41, 5.74) is 1.23. The third-order valence-corrected chi connectivity index (χ3v) is 12.1. The third kappa shape index (κ3) is 3.49. The molecule has 0 aromatic heterocycles. The molecule has 0 aromatic rings. The minimum atomic E-state index is 0.218. The van der Waals surface area contributed by atoms with Crippen molar-refractivity contribution in [1.29, 1.82) is 0 Å². The average Bonchev–Trinajstić information content (AvgIpc) is 2.92. The van der Waals surface area contributed by atoms with Crippen molar-refractivity contribution in [1.82, 2.24) is 0 Å². The molecule has 0 saturated heterocycles. The first-order chi connectivity index (χ1) is 14.4. The van der Waals surface area contributed by atoms with Crippen molar-refractivity contribution in [3.05, 3.63) is 0 Å². The number of ketones is 1. The monoisotopic (exact) mass is 428 g/mol. The molecule has 0 aliphatic heterocycles. The Bertz CT molecular complexity index is 691. The number of rotatable bonds is 5. The van der Waals surface area contributed by atoms with E-state index in [0.717, 1.165) is 30.1 Å². The van der Waals surface area contributed by atoms with Gasteiger partial charge in [-0.1, -0.05) is 81.1 Å². The van der Waals surface area contributed by atoms with Gasteiger partial charge in [0.1, 0.15) is 5.78 Å². The molecule has 4 fully saturated rings. The lowest BCUT2D eigenvalue weighted by Gasteiger charge is -2.66. The minimum Gasteiger partial charge on any atom is -0.299 e. The summed E-state index contributed by atoms with van der Waals surface area (Å²) in [5.74, 6) is 4.67. The van der Waals surface area contributed by atoms with E-state index in [4.69, 9.17) is 0 Å². The second-order valence-electron chi connectivity index (χ2n) is 14.5. The highest BCUT2D eigenvalue weighted by Crippen LogP contribution is 2.73. The van der Waals surface area contributed by atoms with Crippen LogP contribution in [-0.4, -0.2) is 5.78 Å². The van der Waals surface area contributed by atoms with Crippen molar-refractivity contribution in [2.24, 2.45) is 57.2 Å². The van der Waals surface area contributed by atoms with E-state index >= 15 is 0 Å². The third-order valence-electron chi connectivity index (χ3n) is 12.1. The molecule has 0 bridgehead atoms. The van der Waals surface area contributed by atoms with Crippen molar-refractivity contribution >= 4 is 5.78 Å². The zero-order valence-corrected chi connectivity index (χ0v) is 22.2. The van der Waals surface area contributed by atoms with E-state index in [1.807, 2.05) is 0 Å². The molecule has 0 N–H and O–H groups in total. The van der Waals surface area contributed by atoms with Crippen LogP contribution in [0.5, 0.6) is 0 Å². The van der Waals surface area contributed by atoms with Crippen molar-refractivity contribution < 1.29 is 4.79 Å². The SMILES string of the molecule is CC(C)CCC[C@@H](C)[C@H]1CC[C@@]2(C)[C@@H]3CC[C@H]4C(C)(C)CCC[C@]4(C)[C@H]3C(=O)C[C@]12C. The molecule has 0 heterocycles. The maximum Gasteiger partial charge on any atom is 0.137 e. The summed E-state index contributed by atoms with van der Waals surface area (Å²) in [7, 11) is 0. The van der Waals surface area contributed by atoms with E-state index in [2.05, 4.69) is 55.4 Å². The minimum absolute atomic E-state index is 0.218. The number of fused-ring (bicyclic) bond motifs is 5. The van der Waals surface area contributed by atoms with E-state index in [1.54, 1.807) is 0 Å². The van der Waals surface area contributed by atoms with Gasteiger partial charge in [-0.25, -0.2) is 0 Å². The van der Waals surface area contributed by atoms with Gasteiger partial charge in [-0.05, 0) is 89.8 Å². The molecule has 8 atom stereocenters. The van der Waals surface area contributed by atoms with E-state index < -0.39 is 0 Å². The maximum absolute atomic E-state index is 14.1. The van der Waals surface area contributed by atoms with Gasteiger partial charge in [-0.3, -0.25) is 4.79 Å². The van der Waals surface area contributed by atoms with Gasteiger partial charge in [0.2, 0.25) is 0 Å². The van der Waals surface area contributed by atoms with Crippen LogP contribution >= 0.6 is 0 Å². The molecular weight excluding hydrogens is 376 g/mol. The molecule has 4 rings (SSSR count). The maximum atomic E-state index is 14.1. The predicted octanol–water partition coefficient (Wildman–Crippen LogP) is 8.70. The van der Waals surface area contributed by atoms with E-state index in [9.17, 15) is 4.79 Å². The van der Waals surface area contributed by atoms with Crippen molar-refractivity contribution in [2.45, 2.75) is 126 Å². The van der Waals surface area contributed by atoms with Crippen molar-refractivity contribution in [3.8, 4) is 0 Å². The van der Waals surface area contributed by atoms with Crippen LogP contribution in [0.25, 0.3) is 0 Å². The molecule has 178 valence electrons. The van der Waals surface area contributed by atoms with Crippen LogP contribution in [0.2, 0.25) is 0 Å². The van der Waals surface area contributed by atoms with Crippen LogP contribution in [0.4, 0.5) is 0 Å². The quantitative estimate of drug-likeness (QED) is 0.428. The number of carbonyl (C=O) groups is 1. The topological polar surface area (TPSA) is 17.1 Å². The smallest absolute Gasteiger partial charge is 0.137 e. The van der Waals surface area contributed by atoms with Gasteiger partial charge < -0.3 is 0 Å². The van der Waals surface area contributed by atoms with Crippen LogP contribution in [0, 0.1) is 57.2 Å². The second kappa shape index (κ2) is 7.87. The van der Waals surface area contributed by atoms with Crippen LogP contribution < -0.4 is 0 Å². The average molecular weight is 429 g/mol. The van der Waals surface area contributed by atoms with E-state index in [0.29, 0.717) is 28.4 Å². The molecule has 0 amide bonds. The highest BCUT2D eigenvalue weighted by molar-refractivity contribution is 5.84. The van der Waals surface area contributed by atoms with Crippen LogP contribution in [0.3, 0.4) is 0 Å². The molecule has 0 unspecified atom stereocenters. The summed E-state index contributed by atoms with van der Waals surface area (Å²) < 4.78 is 0. The van der Waals surface area contributed by atoms with Crippen LogP contribution in [0.15, 0.2) is 0 Å². The Morgan fingerprint density at radius 1 is 0.871 bits per heavy atom. The Kier molecular flexibility index (Phi) is 6.05. The number of Topliss-reactive ketones (excluding diaryl/α,β-unsaturated/α-hetero) is 1. The molecule has 4 aliphatic rings. The van der Waals surface area contributed by atoms with Gasteiger partial charge in [-0.15, -0.1) is 0 Å². The number of carbonyl (C=O) groups excluding carboxylic acids is 1. The molecule has 0 radical (unpaired) electrons. The zero-order chi connectivity index (χ0) is 22.8. The van der Waals surface area contributed by atoms with Gasteiger partial charge >= 0.3 is 0 Å². The largest absolute Gasteiger partial charge is 0.299 e. The first kappa shape index (κ1) is 23.8.